The summed E-state index contributed by atoms with van der Waals surface area (Å²) >= 11 is 1.20. The molecule has 0 aromatic heterocycles. The third kappa shape index (κ3) is 5.40. The molecule has 0 heterocycles. The van der Waals surface area contributed by atoms with Gasteiger partial charge in [-0.25, -0.2) is 0 Å². The van der Waals surface area contributed by atoms with Crippen molar-refractivity contribution in [3.05, 3.63) is 29.8 Å². The number of thioether (sulfide) groups is 1. The van der Waals surface area contributed by atoms with Crippen LogP contribution in [0.2, 0.25) is 0 Å². The summed E-state index contributed by atoms with van der Waals surface area (Å²) in [5.41, 5.74) is 4.66. The van der Waals surface area contributed by atoms with Crippen LogP contribution >= 0.6 is 11.8 Å². The number of aliphatic carboxylic acids is 1. The highest BCUT2D eigenvalue weighted by atomic mass is 32.2. The summed E-state index contributed by atoms with van der Waals surface area (Å²) < 4.78 is 0. The third-order valence-electron chi connectivity index (χ3n) is 3.12. The van der Waals surface area contributed by atoms with Crippen molar-refractivity contribution in [1.82, 2.24) is 5.32 Å². The molecule has 0 fully saturated rings. The second kappa shape index (κ2) is 7.84. The molecule has 0 saturated heterocycles. The van der Waals surface area contributed by atoms with E-state index in [2.05, 4.69) is 5.32 Å². The van der Waals surface area contributed by atoms with E-state index < -0.39 is 17.3 Å². The number of primary amides is 1. The lowest BCUT2D eigenvalue weighted by Gasteiger charge is -2.19. The fraction of sp³-hybridized carbons (Fsp3) is 0.400. The van der Waals surface area contributed by atoms with Gasteiger partial charge in [0.15, 0.2) is 0 Å². The molecule has 0 spiro atoms. The predicted molar refractivity (Wildman–Crippen MR) is 84.7 cm³/mol. The Labute approximate surface area is 133 Å². The quantitative estimate of drug-likeness (QED) is 0.628. The highest BCUT2D eigenvalue weighted by Gasteiger charge is 2.26. The number of benzene rings is 1. The SMILES string of the molecule is CC(C)(CCNC(=O)c1ccccc1SCC(N)=O)C(=O)O. The van der Waals surface area contributed by atoms with Crippen LogP contribution in [0.1, 0.15) is 30.6 Å². The van der Waals surface area contributed by atoms with Crippen LogP contribution in [0.4, 0.5) is 0 Å². The Hall–Kier alpha value is -2.02. The third-order valence-corrected chi connectivity index (χ3v) is 4.21. The van der Waals surface area contributed by atoms with Gasteiger partial charge in [-0.05, 0) is 32.4 Å². The highest BCUT2D eigenvalue weighted by Crippen LogP contribution is 2.23. The van der Waals surface area contributed by atoms with Gasteiger partial charge in [-0.15, -0.1) is 11.8 Å². The van der Waals surface area contributed by atoms with Gasteiger partial charge in [-0.3, -0.25) is 14.4 Å². The standard InChI is InChI=1S/C15H20N2O4S/c1-15(2,14(20)21)7-8-17-13(19)10-5-3-4-6-11(10)22-9-12(16)18/h3-6H,7-9H2,1-2H3,(H2,16,18)(H,17,19)(H,20,21). The van der Waals surface area contributed by atoms with Crippen molar-refractivity contribution in [1.29, 1.82) is 0 Å². The summed E-state index contributed by atoms with van der Waals surface area (Å²) in [7, 11) is 0. The summed E-state index contributed by atoms with van der Waals surface area (Å²) in [6.07, 6.45) is 0.324. The van der Waals surface area contributed by atoms with Crippen LogP contribution in [0.5, 0.6) is 0 Å². The van der Waals surface area contributed by atoms with Crippen LogP contribution < -0.4 is 11.1 Å². The van der Waals surface area contributed by atoms with Crippen molar-refractivity contribution >= 4 is 29.5 Å². The molecule has 120 valence electrons. The minimum atomic E-state index is -0.904. The number of nitrogens with two attached hydrogens (primary N) is 1. The molecule has 0 radical (unpaired) electrons. The molecule has 0 unspecified atom stereocenters. The van der Waals surface area contributed by atoms with Gasteiger partial charge in [0.1, 0.15) is 0 Å². The van der Waals surface area contributed by atoms with Crippen molar-refractivity contribution in [2.75, 3.05) is 12.3 Å². The lowest BCUT2D eigenvalue weighted by Crippen LogP contribution is -2.32. The first kappa shape index (κ1) is 18.0. The number of carboxylic acid groups (broad SMARTS) is 1. The molecule has 1 aromatic rings. The van der Waals surface area contributed by atoms with Crippen LogP contribution in [0.3, 0.4) is 0 Å². The largest absolute Gasteiger partial charge is 0.481 e. The van der Waals surface area contributed by atoms with Crippen LogP contribution in [0, 0.1) is 5.41 Å². The van der Waals surface area contributed by atoms with Crippen molar-refractivity contribution in [3.8, 4) is 0 Å². The van der Waals surface area contributed by atoms with Gasteiger partial charge in [0.25, 0.3) is 5.91 Å². The highest BCUT2D eigenvalue weighted by molar-refractivity contribution is 8.00. The van der Waals surface area contributed by atoms with Crippen LogP contribution in [0.15, 0.2) is 29.2 Å². The molecule has 1 rings (SSSR count). The van der Waals surface area contributed by atoms with E-state index in [4.69, 9.17) is 10.8 Å². The minimum absolute atomic E-state index is 0.0936. The molecule has 0 aliphatic carbocycles. The predicted octanol–water partition coefficient (Wildman–Crippen LogP) is 1.49. The lowest BCUT2D eigenvalue weighted by atomic mass is 9.90. The monoisotopic (exact) mass is 324 g/mol. The van der Waals surface area contributed by atoms with E-state index in [0.29, 0.717) is 16.9 Å². The average Bonchev–Trinajstić information content (AvgIpc) is 2.44. The molecule has 4 N–H and O–H groups in total. The Kier molecular flexibility index (Phi) is 6.42. The molecule has 22 heavy (non-hydrogen) atoms. The first-order chi connectivity index (χ1) is 10.2. The van der Waals surface area contributed by atoms with Crippen LogP contribution in [-0.2, 0) is 9.59 Å². The zero-order valence-corrected chi connectivity index (χ0v) is 13.4. The smallest absolute Gasteiger partial charge is 0.309 e. The summed E-state index contributed by atoms with van der Waals surface area (Å²) in [5, 5.41) is 11.7. The molecular formula is C15H20N2O4S. The Morgan fingerprint density at radius 2 is 1.91 bits per heavy atom. The summed E-state index contributed by atoms with van der Waals surface area (Å²) in [6, 6.07) is 6.89. The maximum absolute atomic E-state index is 12.2. The van der Waals surface area contributed by atoms with E-state index in [1.165, 1.54) is 11.8 Å². The van der Waals surface area contributed by atoms with E-state index in [1.54, 1.807) is 38.1 Å². The van der Waals surface area contributed by atoms with Crippen molar-refractivity contribution in [3.63, 3.8) is 0 Å². The number of carbonyl (C=O) groups is 3. The molecule has 0 aliphatic rings. The van der Waals surface area contributed by atoms with Gasteiger partial charge in [0, 0.05) is 11.4 Å². The number of hydrogen-bond acceptors (Lipinski definition) is 4. The Morgan fingerprint density at radius 1 is 1.27 bits per heavy atom. The maximum Gasteiger partial charge on any atom is 0.309 e. The number of hydrogen-bond donors (Lipinski definition) is 3. The molecular weight excluding hydrogens is 304 g/mol. The Morgan fingerprint density at radius 3 is 2.50 bits per heavy atom. The number of carboxylic acids is 1. The van der Waals surface area contributed by atoms with E-state index in [-0.39, 0.29) is 18.2 Å². The van der Waals surface area contributed by atoms with Gasteiger partial charge in [0.05, 0.1) is 16.7 Å². The summed E-state index contributed by atoms with van der Waals surface area (Å²) in [6.45, 7) is 3.48. The fourth-order valence-corrected chi connectivity index (χ4v) is 2.41. The molecule has 6 nitrogen and oxygen atoms in total. The molecule has 0 aliphatic heterocycles. The fourth-order valence-electron chi connectivity index (χ4n) is 1.62. The van der Waals surface area contributed by atoms with Crippen molar-refractivity contribution in [2.45, 2.75) is 25.2 Å². The number of nitrogens with one attached hydrogen (secondary N) is 1. The van der Waals surface area contributed by atoms with Gasteiger partial charge in [0.2, 0.25) is 5.91 Å². The van der Waals surface area contributed by atoms with E-state index in [0.717, 1.165) is 0 Å². The first-order valence-corrected chi connectivity index (χ1v) is 7.74. The molecule has 0 atom stereocenters. The van der Waals surface area contributed by atoms with Gasteiger partial charge in [-0.2, -0.15) is 0 Å². The normalized spacial score (nSPS) is 11.0. The van der Waals surface area contributed by atoms with E-state index in [9.17, 15) is 14.4 Å². The molecule has 2 amide bonds. The Balaban J connectivity index is 2.66. The lowest BCUT2D eigenvalue weighted by molar-refractivity contribution is -0.147. The van der Waals surface area contributed by atoms with Gasteiger partial charge in [-0.1, -0.05) is 12.1 Å². The number of amides is 2. The number of carbonyl (C=O) groups excluding carboxylic acids is 2. The van der Waals surface area contributed by atoms with Crippen molar-refractivity contribution < 1.29 is 19.5 Å². The van der Waals surface area contributed by atoms with Crippen LogP contribution in [0.25, 0.3) is 0 Å². The zero-order valence-electron chi connectivity index (χ0n) is 12.6. The van der Waals surface area contributed by atoms with E-state index in [1.807, 2.05) is 0 Å². The second-order valence-corrected chi connectivity index (χ2v) is 6.46. The zero-order chi connectivity index (χ0) is 16.8. The average molecular weight is 324 g/mol. The van der Waals surface area contributed by atoms with Gasteiger partial charge < -0.3 is 16.2 Å². The van der Waals surface area contributed by atoms with Gasteiger partial charge >= 0.3 is 5.97 Å². The van der Waals surface area contributed by atoms with Crippen molar-refractivity contribution in [2.24, 2.45) is 11.1 Å². The van der Waals surface area contributed by atoms with E-state index >= 15 is 0 Å². The molecule has 1 aromatic carbocycles. The Bertz CT molecular complexity index is 572. The molecule has 0 bridgehead atoms. The summed E-state index contributed by atoms with van der Waals surface area (Å²) in [4.78, 5) is 34.7. The number of rotatable bonds is 8. The second-order valence-electron chi connectivity index (χ2n) is 5.45. The molecule has 7 heteroatoms. The maximum atomic E-state index is 12.2. The minimum Gasteiger partial charge on any atom is -0.481 e. The molecule has 0 saturated carbocycles. The first-order valence-electron chi connectivity index (χ1n) is 6.76. The topological polar surface area (TPSA) is 109 Å². The van der Waals surface area contributed by atoms with Crippen LogP contribution in [-0.4, -0.2) is 35.2 Å². The summed E-state index contributed by atoms with van der Waals surface area (Å²) in [5.74, 6) is -1.56.